The topological polar surface area (TPSA) is 175 Å². The molecule has 0 unspecified atom stereocenters. The van der Waals surface area contributed by atoms with E-state index in [2.05, 4.69) is 15.0 Å². The maximum atomic E-state index is 15.2. The number of carbonyl (C=O) groups excluding carboxylic acids is 3. The highest BCUT2D eigenvalue weighted by atomic mass is 32.2. The Labute approximate surface area is 893 Å². The Morgan fingerprint density at radius 2 is 0.639 bits per heavy atom. The lowest BCUT2D eigenvalue weighted by Crippen LogP contribution is -2.40. The molecule has 0 fully saturated rings. The van der Waals surface area contributed by atoms with Crippen molar-refractivity contribution < 1.29 is 115 Å². The molecule has 3 aliphatic rings. The third-order valence-electron chi connectivity index (χ3n) is 22.8. The third-order valence-corrected chi connectivity index (χ3v) is 25.9. The van der Waals surface area contributed by atoms with E-state index < -0.39 is 274 Å². The van der Waals surface area contributed by atoms with Gasteiger partial charge in [-0.3, -0.25) is 28.8 Å². The van der Waals surface area contributed by atoms with Crippen molar-refractivity contribution in [3.8, 4) is 33.4 Å². The van der Waals surface area contributed by atoms with Crippen LogP contribution >= 0.6 is 35.3 Å². The number of likely N-dealkylation sites (N-methyl/N-ethyl adjacent to an activating group) is 3. The van der Waals surface area contributed by atoms with Crippen LogP contribution in [0.25, 0.3) is 33.4 Å². The average molecular weight is 2080 g/mol. The van der Waals surface area contributed by atoms with Crippen molar-refractivity contribution >= 4 is 53.0 Å². The quantitative estimate of drug-likeness (QED) is 0.0202. The first-order chi connectivity index (χ1) is 82.0. The van der Waals surface area contributed by atoms with Crippen LogP contribution in [0.1, 0.15) is 209 Å². The van der Waals surface area contributed by atoms with Crippen LogP contribution in [0.5, 0.6) is 0 Å². The molecule has 144 heavy (non-hydrogen) atoms. The van der Waals surface area contributed by atoms with Crippen molar-refractivity contribution in [3.63, 3.8) is 0 Å². The Kier molecular flexibility index (Phi) is 24.7. The molecule has 18 nitrogen and oxygen atoms in total. The van der Waals surface area contributed by atoms with E-state index >= 15 is 4.79 Å². The van der Waals surface area contributed by atoms with E-state index in [1.54, 1.807) is 0 Å². The molecule has 33 heteroatoms. The Morgan fingerprint density at radius 1 is 0.354 bits per heavy atom. The summed E-state index contributed by atoms with van der Waals surface area (Å²) < 4.78 is 474. The minimum absolute atomic E-state index is 0.00937. The molecule has 0 saturated heterocycles. The van der Waals surface area contributed by atoms with Crippen molar-refractivity contribution in [2.75, 3.05) is 78.2 Å². The van der Waals surface area contributed by atoms with Gasteiger partial charge in [-0.05, 0) is 274 Å². The number of benzene rings is 9. The molecule has 3 aromatic heterocycles. The zero-order valence-corrected chi connectivity index (χ0v) is 81.4. The number of nitrogens with zero attached hydrogens (tertiary/aromatic N) is 12. The van der Waals surface area contributed by atoms with E-state index in [1.165, 1.54) is 74.5 Å². The molecule has 0 aliphatic heterocycles. The largest absolute Gasteiger partial charge is 0.416 e. The van der Waals surface area contributed by atoms with E-state index in [9.17, 15) is 93.1 Å². The van der Waals surface area contributed by atoms with Crippen LogP contribution in [-0.4, -0.2) is 154 Å². The van der Waals surface area contributed by atoms with E-state index in [0.717, 1.165) is 150 Å². The van der Waals surface area contributed by atoms with Crippen LogP contribution < -0.4 is 16.7 Å². The van der Waals surface area contributed by atoms with Crippen LogP contribution in [0.15, 0.2) is 230 Å². The van der Waals surface area contributed by atoms with Crippen molar-refractivity contribution in [1.82, 2.24) is 58.1 Å². The van der Waals surface area contributed by atoms with Crippen LogP contribution in [0, 0.1) is 38.2 Å². The van der Waals surface area contributed by atoms with Gasteiger partial charge in [0.25, 0.3) is 16.7 Å². The molecule has 0 atom stereocenters. The van der Waals surface area contributed by atoms with E-state index in [0.29, 0.717) is 81.6 Å². The highest BCUT2D eigenvalue weighted by Crippen LogP contribution is 2.39. The Bertz CT molecular complexity index is 8400. The molecule has 3 aliphatic carbocycles. The number of thioether (sulfide) groups is 3. The van der Waals surface area contributed by atoms with Gasteiger partial charge in [0.1, 0.15) is 36.9 Å². The average Bonchev–Trinajstić information content (AvgIpc) is 1.25. The molecule has 0 saturated carbocycles. The molecule has 762 valence electrons. The summed E-state index contributed by atoms with van der Waals surface area (Å²) in [6.45, 7) is -35.7. The molecule has 15 rings (SSSR count). The molecule has 0 bridgehead atoms. The highest BCUT2D eigenvalue weighted by Gasteiger charge is 2.35. The standard InChI is InChI=1S/3C37H40F4N4O2S/c3*1-4-43(5-2)19-20-44(22-27-11-18-31(25(3)21-27)28-12-14-29(15-13-28)37(39,40)41)34(46)23-45-33-8-6-7-32(33)35(47)42-36(45)48-24-26-9-16-30(38)17-10-26/h3*9-18,21H,4-8,19-20,22-24H2,1-3H3/i4D2,5D2,11D,18D,19D2,20D2,21D,22D2,23D2;4D2,5D2,11D,18D,21D,22D2,23D2;4D2,5D2,11D,18D,21D,23D2. The summed E-state index contributed by atoms with van der Waals surface area (Å²) in [7, 11) is 0. The van der Waals surface area contributed by atoms with Crippen molar-refractivity contribution in [2.24, 2.45) is 0 Å². The second kappa shape index (κ2) is 50.3. The van der Waals surface area contributed by atoms with Gasteiger partial charge in [-0.1, -0.05) is 204 Å². The zero-order valence-electron chi connectivity index (χ0n) is 114. The minimum atomic E-state index is -4.76. The minimum Gasteiger partial charge on any atom is -0.336 e. The molecular formula is C111H120F12N12O6S3. The third kappa shape index (κ3) is 29.1. The van der Waals surface area contributed by atoms with Crippen molar-refractivity contribution in [2.45, 2.75) is 210 Å². The van der Waals surface area contributed by atoms with Gasteiger partial charge in [-0.2, -0.15) is 54.5 Å². The summed E-state index contributed by atoms with van der Waals surface area (Å²) in [6, 6.07) is 19.4. The summed E-state index contributed by atoms with van der Waals surface area (Å²) in [4.78, 5) is 98.3. The Hall–Kier alpha value is -11.9. The fraction of sp³-hybridized carbons (Fsp3) is 0.378. The van der Waals surface area contributed by atoms with Crippen LogP contribution in [-0.2, 0) is 128 Å². The summed E-state index contributed by atoms with van der Waals surface area (Å²) >= 11 is 2.48. The lowest BCUT2D eigenvalue weighted by molar-refractivity contribution is -0.138. The smallest absolute Gasteiger partial charge is 0.336 e. The normalized spacial score (nSPS) is 17.7. The van der Waals surface area contributed by atoms with Crippen LogP contribution in [0.3, 0.4) is 0 Å². The van der Waals surface area contributed by atoms with E-state index in [-0.39, 0.29) is 173 Å². The van der Waals surface area contributed by atoms with Crippen LogP contribution in [0.4, 0.5) is 52.7 Å². The number of fused-ring (bicyclic) bond motifs is 3. The molecule has 0 N–H and O–H groups in total. The lowest BCUT2D eigenvalue weighted by Gasteiger charge is -2.28. The van der Waals surface area contributed by atoms with Gasteiger partial charge in [0.05, 0.1) is 45.5 Å². The van der Waals surface area contributed by atoms with Gasteiger partial charge in [0, 0.05) is 129 Å². The van der Waals surface area contributed by atoms with Gasteiger partial charge in [-0.25, -0.2) is 13.2 Å². The molecule has 12 aromatic rings. The number of aromatic nitrogens is 6. The number of carbonyl (C=O) groups is 3. The molecule has 3 amide bonds. The predicted molar refractivity (Wildman–Crippen MR) is 544 cm³/mol. The summed E-state index contributed by atoms with van der Waals surface area (Å²) in [6.07, 6.45) is -12.1. The molecule has 9 aromatic carbocycles. The molecule has 0 radical (unpaired) electrons. The fourth-order valence-electron chi connectivity index (χ4n) is 15.4. The fourth-order valence-corrected chi connectivity index (χ4v) is 18.2. The second-order valence-corrected chi connectivity index (χ2v) is 35.2. The monoisotopic (exact) mass is 2080 g/mol. The maximum Gasteiger partial charge on any atom is 0.416 e. The van der Waals surface area contributed by atoms with Gasteiger partial charge in [-0.15, -0.1) is 0 Å². The molecule has 0 spiro atoms. The summed E-state index contributed by atoms with van der Waals surface area (Å²) in [5.74, 6) is -6.71. The summed E-state index contributed by atoms with van der Waals surface area (Å²) in [5, 5.41) is -0.925. The van der Waals surface area contributed by atoms with Gasteiger partial charge >= 0.3 is 18.5 Å². The number of hydrogen-bond donors (Lipinski definition) is 0. The highest BCUT2D eigenvalue weighted by molar-refractivity contribution is 7.98. The predicted octanol–water partition coefficient (Wildman–Crippen LogP) is 22.6. The number of rotatable bonds is 39. The lowest BCUT2D eigenvalue weighted by atomic mass is 9.97. The zero-order chi connectivity index (χ0) is 134. The van der Waals surface area contributed by atoms with Gasteiger partial charge < -0.3 is 43.1 Å². The number of amides is 3. The number of halogens is 12. The van der Waals surface area contributed by atoms with E-state index in [1.807, 2.05) is 0 Å². The van der Waals surface area contributed by atoms with E-state index in [4.69, 9.17) is 31.5 Å². The first-order valence-corrected chi connectivity index (χ1v) is 47.7. The van der Waals surface area contributed by atoms with Crippen molar-refractivity contribution in [1.29, 1.82) is 0 Å². The summed E-state index contributed by atoms with van der Waals surface area (Å²) in [5.41, 5.74) is -6.28. The van der Waals surface area contributed by atoms with Gasteiger partial charge in [0.2, 0.25) is 17.7 Å². The first kappa shape index (κ1) is 70.8. The molecular weight excluding hydrogens is 1920 g/mol. The van der Waals surface area contributed by atoms with Crippen molar-refractivity contribution in [3.05, 3.63) is 349 Å². The Balaban J connectivity index is 0.000000219. The SMILES string of the molecule is [2H]c1c([2H])c(-c2ccc(C(F)(F)F)cc2)c(C)c([2H])c1CN(CCN(C([2H])([2H])C)C([2H])([2H])C)C(=O)C([2H])([2H])n1c(SCc2ccc(F)cc2)nc(=O)c2c1CCC2.[2H]c1c([2H])c(C([2H])([2H])N(C(=O)C([2H])([2H])n2c(SCc3ccc(F)cc3)nc(=O)c3c2CCC3)C([2H])([2H])C([2H])([2H])N(C([2H])([2H])C)C([2H])([2H])C)c([2H])c(C)c1-c1ccc(C(F)(F)F)cc1.[2H]c1c([2H])c(C([2H])([2H])N(CCN(C([2H])([2H])C)C([2H])([2H])C)C(=O)C([2H])([2H])n2c(SCc3ccc(F)cc3)nc(=O)c3c2CCC3)c([2H])c(C)c1-c1ccc(C(F)(F)F)cc1. The Morgan fingerprint density at radius 3 is 0.951 bits per heavy atom. The van der Waals surface area contributed by atoms with Crippen LogP contribution in [0.2, 0.25) is 0 Å². The number of hydrogen-bond acceptors (Lipinski definition) is 15. The van der Waals surface area contributed by atoms with Gasteiger partial charge in [0.15, 0.2) is 15.5 Å². The number of alkyl halides is 9. The second-order valence-electron chi connectivity index (χ2n) is 32.4. The molecule has 3 heterocycles. The first-order valence-electron chi connectivity index (χ1n) is 62.3. The maximum absolute atomic E-state index is 15.2.